The Morgan fingerprint density at radius 1 is 1.25 bits per heavy atom. The molecule has 2 N–H and O–H groups in total. The van der Waals surface area contributed by atoms with E-state index in [1.807, 2.05) is 0 Å². The lowest BCUT2D eigenvalue weighted by Gasteiger charge is -2.18. The highest BCUT2D eigenvalue weighted by Crippen LogP contribution is 2.20. The second kappa shape index (κ2) is 7.92. The fraction of sp³-hybridized carbons (Fsp3) is 0.200. The van der Waals surface area contributed by atoms with Gasteiger partial charge in [-0.05, 0) is 44.2 Å². The Balaban J connectivity index is 2.12. The molecule has 0 fully saturated rings. The van der Waals surface area contributed by atoms with Crippen LogP contribution in [0, 0.1) is 0 Å². The molecule has 1 aromatic carbocycles. The van der Waals surface area contributed by atoms with Crippen LogP contribution in [0.25, 0.3) is 16.9 Å². The van der Waals surface area contributed by atoms with Gasteiger partial charge in [-0.15, -0.1) is 0 Å². The van der Waals surface area contributed by atoms with Crippen molar-refractivity contribution in [2.75, 3.05) is 6.54 Å². The van der Waals surface area contributed by atoms with Gasteiger partial charge in [0.05, 0.1) is 23.2 Å². The third kappa shape index (κ3) is 4.62. The Morgan fingerprint density at radius 2 is 1.96 bits per heavy atom. The molecule has 0 atom stereocenters. The fourth-order valence-electron chi connectivity index (χ4n) is 2.46. The van der Waals surface area contributed by atoms with Gasteiger partial charge in [0.1, 0.15) is 5.56 Å². The lowest BCUT2D eigenvalue weighted by molar-refractivity contribution is 0.0693. The standard InChI is InChI=1S/C20H19ClN4O3/c1-20(2,28)12-23-18(26)16-10-17(13-5-7-14(21)8-6-13)24-25(19(16)27)15-4-3-9-22-11-15/h3-11,28H,12H2,1-2H3,(H,23,26). The molecule has 144 valence electrons. The predicted molar refractivity (Wildman–Crippen MR) is 107 cm³/mol. The first-order chi connectivity index (χ1) is 13.2. The predicted octanol–water partition coefficient (Wildman–Crippen LogP) is 2.45. The molecule has 0 unspecified atom stereocenters. The Bertz CT molecular complexity index is 1040. The molecular weight excluding hydrogens is 380 g/mol. The molecule has 0 bridgehead atoms. The first-order valence-electron chi connectivity index (χ1n) is 8.56. The summed E-state index contributed by atoms with van der Waals surface area (Å²) in [6.07, 6.45) is 3.06. The van der Waals surface area contributed by atoms with Gasteiger partial charge in [-0.2, -0.15) is 9.78 Å². The van der Waals surface area contributed by atoms with Gasteiger partial charge in [0.2, 0.25) is 0 Å². The topological polar surface area (TPSA) is 97.1 Å². The summed E-state index contributed by atoms with van der Waals surface area (Å²) in [5.41, 5.74) is -0.233. The van der Waals surface area contributed by atoms with Crippen LogP contribution in [-0.4, -0.2) is 37.9 Å². The average Bonchev–Trinajstić information content (AvgIpc) is 2.67. The highest BCUT2D eigenvalue weighted by atomic mass is 35.5. The van der Waals surface area contributed by atoms with Crippen molar-refractivity contribution in [3.63, 3.8) is 0 Å². The molecule has 0 saturated carbocycles. The van der Waals surface area contributed by atoms with E-state index in [-0.39, 0.29) is 12.1 Å². The smallest absolute Gasteiger partial charge is 0.284 e. The molecule has 0 aliphatic rings. The number of aliphatic hydroxyl groups is 1. The van der Waals surface area contributed by atoms with Crippen LogP contribution >= 0.6 is 11.6 Å². The van der Waals surface area contributed by atoms with Crippen LogP contribution in [-0.2, 0) is 0 Å². The molecule has 0 aliphatic carbocycles. The Kier molecular flexibility index (Phi) is 5.58. The number of carbonyl (C=O) groups excluding carboxylic acids is 1. The zero-order chi connectivity index (χ0) is 20.3. The number of carbonyl (C=O) groups is 1. The molecule has 3 rings (SSSR count). The Morgan fingerprint density at radius 3 is 2.57 bits per heavy atom. The molecule has 2 heterocycles. The number of rotatable bonds is 5. The van der Waals surface area contributed by atoms with Crippen LogP contribution in [0.3, 0.4) is 0 Å². The number of aromatic nitrogens is 3. The normalized spacial score (nSPS) is 11.3. The van der Waals surface area contributed by atoms with Gasteiger partial charge in [0, 0.05) is 23.3 Å². The minimum Gasteiger partial charge on any atom is -0.389 e. The third-order valence-corrected chi connectivity index (χ3v) is 4.12. The van der Waals surface area contributed by atoms with Gasteiger partial charge in [-0.3, -0.25) is 14.6 Å². The average molecular weight is 399 g/mol. The summed E-state index contributed by atoms with van der Waals surface area (Å²) in [5.74, 6) is -0.595. The summed E-state index contributed by atoms with van der Waals surface area (Å²) in [4.78, 5) is 29.5. The minimum absolute atomic E-state index is 0.00321. The van der Waals surface area contributed by atoms with Crippen molar-refractivity contribution in [3.8, 4) is 16.9 Å². The third-order valence-electron chi connectivity index (χ3n) is 3.87. The quantitative estimate of drug-likeness (QED) is 0.688. The maximum absolute atomic E-state index is 12.9. The summed E-state index contributed by atoms with van der Waals surface area (Å²) in [7, 11) is 0. The van der Waals surface area contributed by atoms with E-state index in [0.29, 0.717) is 22.0 Å². The van der Waals surface area contributed by atoms with Crippen molar-refractivity contribution in [1.29, 1.82) is 0 Å². The Labute approximate surface area is 166 Å². The second-order valence-electron chi connectivity index (χ2n) is 6.87. The van der Waals surface area contributed by atoms with Crippen molar-refractivity contribution in [2.24, 2.45) is 0 Å². The highest BCUT2D eigenvalue weighted by molar-refractivity contribution is 6.30. The fourth-order valence-corrected chi connectivity index (χ4v) is 2.59. The summed E-state index contributed by atoms with van der Waals surface area (Å²) >= 11 is 5.95. The summed E-state index contributed by atoms with van der Waals surface area (Å²) in [6, 6.07) is 11.7. The first-order valence-corrected chi connectivity index (χ1v) is 8.94. The van der Waals surface area contributed by atoms with E-state index >= 15 is 0 Å². The van der Waals surface area contributed by atoms with Crippen LogP contribution in [0.15, 0.2) is 59.7 Å². The van der Waals surface area contributed by atoms with E-state index in [2.05, 4.69) is 15.4 Å². The first kappa shape index (κ1) is 19.7. The van der Waals surface area contributed by atoms with Crippen LogP contribution in [0.4, 0.5) is 0 Å². The molecule has 0 radical (unpaired) electrons. The van der Waals surface area contributed by atoms with Crippen molar-refractivity contribution in [1.82, 2.24) is 20.1 Å². The number of nitrogens with one attached hydrogen (secondary N) is 1. The molecule has 7 nitrogen and oxygen atoms in total. The SMILES string of the molecule is CC(C)(O)CNC(=O)c1cc(-c2ccc(Cl)cc2)nn(-c2cccnc2)c1=O. The molecular formula is C20H19ClN4O3. The second-order valence-corrected chi connectivity index (χ2v) is 7.31. The van der Waals surface area contributed by atoms with E-state index in [1.54, 1.807) is 56.4 Å². The van der Waals surface area contributed by atoms with Gasteiger partial charge < -0.3 is 10.4 Å². The van der Waals surface area contributed by atoms with Crippen molar-refractivity contribution < 1.29 is 9.90 Å². The van der Waals surface area contributed by atoms with Crippen LogP contribution in [0.5, 0.6) is 0 Å². The van der Waals surface area contributed by atoms with E-state index in [0.717, 1.165) is 4.68 Å². The lowest BCUT2D eigenvalue weighted by atomic mass is 10.1. The number of hydrogen-bond donors (Lipinski definition) is 2. The molecule has 0 saturated heterocycles. The van der Waals surface area contributed by atoms with Gasteiger partial charge >= 0.3 is 0 Å². The lowest BCUT2D eigenvalue weighted by Crippen LogP contribution is -2.41. The summed E-state index contributed by atoms with van der Waals surface area (Å²) in [6.45, 7) is 3.12. The largest absolute Gasteiger partial charge is 0.389 e. The minimum atomic E-state index is -1.11. The molecule has 0 aliphatic heterocycles. The molecule has 0 spiro atoms. The van der Waals surface area contributed by atoms with Gasteiger partial charge in [-0.1, -0.05) is 23.7 Å². The molecule has 2 aromatic heterocycles. The number of nitrogens with zero attached hydrogens (tertiary/aromatic N) is 3. The monoisotopic (exact) mass is 398 g/mol. The number of hydrogen-bond acceptors (Lipinski definition) is 5. The van der Waals surface area contributed by atoms with Crippen molar-refractivity contribution in [2.45, 2.75) is 19.4 Å². The van der Waals surface area contributed by atoms with Crippen LogP contribution in [0.2, 0.25) is 5.02 Å². The van der Waals surface area contributed by atoms with Crippen molar-refractivity contribution >= 4 is 17.5 Å². The molecule has 8 heteroatoms. The Hall–Kier alpha value is -3.03. The van der Waals surface area contributed by atoms with E-state index < -0.39 is 17.1 Å². The molecule has 3 aromatic rings. The maximum atomic E-state index is 12.9. The van der Waals surface area contributed by atoms with Gasteiger partial charge in [-0.25, -0.2) is 0 Å². The van der Waals surface area contributed by atoms with Crippen LogP contribution < -0.4 is 10.9 Å². The molecule has 1 amide bonds. The zero-order valence-corrected chi connectivity index (χ0v) is 16.1. The van der Waals surface area contributed by atoms with Crippen molar-refractivity contribution in [3.05, 3.63) is 75.8 Å². The van der Waals surface area contributed by atoms with Gasteiger partial charge in [0.15, 0.2) is 0 Å². The maximum Gasteiger partial charge on any atom is 0.284 e. The van der Waals surface area contributed by atoms with E-state index in [1.165, 1.54) is 12.3 Å². The number of benzene rings is 1. The summed E-state index contributed by atoms with van der Waals surface area (Å²) in [5, 5.41) is 17.4. The van der Waals surface area contributed by atoms with E-state index in [9.17, 15) is 14.7 Å². The number of amides is 1. The van der Waals surface area contributed by atoms with Crippen LogP contribution in [0.1, 0.15) is 24.2 Å². The van der Waals surface area contributed by atoms with Gasteiger partial charge in [0.25, 0.3) is 11.5 Å². The molecule has 28 heavy (non-hydrogen) atoms. The number of pyridine rings is 1. The number of halogens is 1. The zero-order valence-electron chi connectivity index (χ0n) is 15.4. The summed E-state index contributed by atoms with van der Waals surface area (Å²) < 4.78 is 1.13. The highest BCUT2D eigenvalue weighted by Gasteiger charge is 2.20. The van der Waals surface area contributed by atoms with E-state index in [4.69, 9.17) is 11.6 Å².